The molecule has 4 heteroatoms. The third-order valence-electron chi connectivity index (χ3n) is 2.17. The highest BCUT2D eigenvalue weighted by molar-refractivity contribution is 5.55. The molecule has 0 aromatic rings. The number of alkyl halides is 4. The lowest BCUT2D eigenvalue weighted by molar-refractivity contribution is -0.173. The van der Waals surface area contributed by atoms with Crippen LogP contribution in [0.25, 0.3) is 0 Å². The number of hydrogen-bond acceptors (Lipinski definition) is 0. The van der Waals surface area contributed by atoms with Crippen molar-refractivity contribution < 1.29 is 17.6 Å². The lowest BCUT2D eigenvalue weighted by Crippen LogP contribution is -2.24. The first-order valence-corrected chi connectivity index (χ1v) is 3.11. The normalized spacial score (nSPS) is 40.4. The molecule has 0 aromatic carbocycles. The topological polar surface area (TPSA) is 0 Å². The molecule has 60 valence electrons. The maximum absolute atomic E-state index is 12.5. The molecule has 0 N–H and O–H groups in total. The van der Waals surface area contributed by atoms with E-state index in [2.05, 4.69) is 0 Å². The monoisotopic (exact) mass is 164 g/mol. The molecular formula is C7H4F4. The van der Waals surface area contributed by atoms with Crippen LogP contribution in [0.2, 0.25) is 0 Å². The van der Waals surface area contributed by atoms with E-state index in [1.54, 1.807) is 0 Å². The molecule has 2 aliphatic carbocycles. The van der Waals surface area contributed by atoms with Crippen LogP contribution in [-0.4, -0.2) is 12.3 Å². The SMILES string of the molecule is F[C@H]1C2=CC=C[C@]21C(F)(F)F. The molecule has 0 nitrogen and oxygen atoms in total. The first-order chi connectivity index (χ1) is 5.00. The minimum absolute atomic E-state index is 0.148. The lowest BCUT2D eigenvalue weighted by atomic mass is 10.1. The molecule has 0 amide bonds. The van der Waals surface area contributed by atoms with Gasteiger partial charge in [-0.25, -0.2) is 4.39 Å². The van der Waals surface area contributed by atoms with Crippen molar-refractivity contribution in [2.24, 2.45) is 5.41 Å². The van der Waals surface area contributed by atoms with Gasteiger partial charge in [-0.15, -0.1) is 0 Å². The van der Waals surface area contributed by atoms with Crippen molar-refractivity contribution in [2.75, 3.05) is 0 Å². The Labute approximate surface area is 60.2 Å². The fourth-order valence-corrected chi connectivity index (χ4v) is 1.44. The Bertz CT molecular complexity index is 260. The molecule has 0 aliphatic heterocycles. The van der Waals surface area contributed by atoms with E-state index in [0.29, 0.717) is 0 Å². The number of rotatable bonds is 0. The zero-order chi connectivity index (χ0) is 8.28. The number of hydrogen-bond donors (Lipinski definition) is 0. The minimum Gasteiger partial charge on any atom is -0.241 e. The van der Waals surface area contributed by atoms with Gasteiger partial charge in [0.15, 0.2) is 0 Å². The quantitative estimate of drug-likeness (QED) is 0.482. The molecule has 0 saturated heterocycles. The highest BCUT2D eigenvalue weighted by Crippen LogP contribution is 2.66. The van der Waals surface area contributed by atoms with Gasteiger partial charge in [0, 0.05) is 0 Å². The number of allylic oxidation sites excluding steroid dienone is 4. The summed E-state index contributed by atoms with van der Waals surface area (Å²) in [5, 5.41) is 0. The van der Waals surface area contributed by atoms with Crippen LogP contribution in [0, 0.1) is 5.41 Å². The summed E-state index contributed by atoms with van der Waals surface area (Å²) in [7, 11) is 0. The van der Waals surface area contributed by atoms with Gasteiger partial charge in [0.25, 0.3) is 0 Å². The molecule has 0 bridgehead atoms. The highest BCUT2D eigenvalue weighted by Gasteiger charge is 2.75. The predicted octanol–water partition coefficient (Wildman–Crippen LogP) is 2.38. The fourth-order valence-electron chi connectivity index (χ4n) is 1.44. The number of fused-ring (bicyclic) bond motifs is 1. The molecule has 0 heterocycles. The summed E-state index contributed by atoms with van der Waals surface area (Å²) >= 11 is 0. The molecule has 11 heavy (non-hydrogen) atoms. The average Bonchev–Trinajstić information content (AvgIpc) is 2.37. The van der Waals surface area contributed by atoms with Gasteiger partial charge in [-0.2, -0.15) is 13.2 Å². The summed E-state index contributed by atoms with van der Waals surface area (Å²) in [6.07, 6.45) is -2.97. The Balaban J connectivity index is 2.41. The minimum atomic E-state index is -4.47. The predicted molar refractivity (Wildman–Crippen MR) is 30.6 cm³/mol. The highest BCUT2D eigenvalue weighted by atomic mass is 19.4. The van der Waals surface area contributed by atoms with Crippen LogP contribution < -0.4 is 0 Å². The lowest BCUT2D eigenvalue weighted by Gasteiger charge is -2.12. The van der Waals surface area contributed by atoms with E-state index in [9.17, 15) is 17.6 Å². The Hall–Kier alpha value is -0.800. The van der Waals surface area contributed by atoms with E-state index in [0.717, 1.165) is 6.08 Å². The molecular weight excluding hydrogens is 160 g/mol. The summed E-state index contributed by atoms with van der Waals surface area (Å²) in [5.41, 5.74) is -2.38. The first kappa shape index (κ1) is 6.88. The van der Waals surface area contributed by atoms with Crippen molar-refractivity contribution in [1.29, 1.82) is 0 Å². The Morgan fingerprint density at radius 3 is 2.27 bits per heavy atom. The van der Waals surface area contributed by atoms with Crippen LogP contribution in [0.1, 0.15) is 0 Å². The molecule has 0 spiro atoms. The van der Waals surface area contributed by atoms with Crippen molar-refractivity contribution >= 4 is 0 Å². The number of halogens is 4. The van der Waals surface area contributed by atoms with Crippen molar-refractivity contribution in [3.05, 3.63) is 23.8 Å². The fraction of sp³-hybridized carbons (Fsp3) is 0.429. The molecule has 0 unspecified atom stereocenters. The largest absolute Gasteiger partial charge is 0.404 e. The third kappa shape index (κ3) is 0.559. The van der Waals surface area contributed by atoms with Gasteiger partial charge in [-0.3, -0.25) is 0 Å². The summed E-state index contributed by atoms with van der Waals surface area (Å²) in [4.78, 5) is 0. The van der Waals surface area contributed by atoms with E-state index in [4.69, 9.17) is 0 Å². The Kier molecular flexibility index (Phi) is 0.949. The van der Waals surface area contributed by atoms with Gasteiger partial charge in [0.2, 0.25) is 0 Å². The molecule has 2 rings (SSSR count). The summed E-state index contributed by atoms with van der Waals surface area (Å²) in [6.45, 7) is 0. The van der Waals surface area contributed by atoms with Gasteiger partial charge in [0.05, 0.1) is 0 Å². The first-order valence-electron chi connectivity index (χ1n) is 3.11. The van der Waals surface area contributed by atoms with E-state index in [1.165, 1.54) is 12.2 Å². The zero-order valence-corrected chi connectivity index (χ0v) is 5.32. The van der Waals surface area contributed by atoms with Gasteiger partial charge in [-0.1, -0.05) is 18.2 Å². The summed E-state index contributed by atoms with van der Waals surface area (Å²) in [5.74, 6) is 0. The molecule has 0 aromatic heterocycles. The van der Waals surface area contributed by atoms with E-state index in [-0.39, 0.29) is 5.57 Å². The van der Waals surface area contributed by atoms with Gasteiger partial charge in [0.1, 0.15) is 11.6 Å². The average molecular weight is 164 g/mol. The van der Waals surface area contributed by atoms with Crippen molar-refractivity contribution in [3.63, 3.8) is 0 Å². The van der Waals surface area contributed by atoms with E-state index in [1.807, 2.05) is 0 Å². The second-order valence-electron chi connectivity index (χ2n) is 2.71. The molecule has 1 fully saturated rings. The van der Waals surface area contributed by atoms with Crippen LogP contribution in [0.15, 0.2) is 23.8 Å². The van der Waals surface area contributed by atoms with E-state index >= 15 is 0 Å². The standard InChI is InChI=1S/C7H4F4/c8-5-4-2-1-3-6(4,5)7(9,10)11/h1-3,5H/t5-,6-/m0/s1. The maximum Gasteiger partial charge on any atom is 0.404 e. The van der Waals surface area contributed by atoms with Crippen LogP contribution >= 0.6 is 0 Å². The summed E-state index contributed by atoms with van der Waals surface area (Å²) in [6, 6.07) is 0. The Morgan fingerprint density at radius 2 is 2.00 bits per heavy atom. The van der Waals surface area contributed by atoms with E-state index < -0.39 is 17.8 Å². The van der Waals surface area contributed by atoms with Crippen LogP contribution in [-0.2, 0) is 0 Å². The molecule has 2 aliphatic rings. The molecule has 1 saturated carbocycles. The zero-order valence-electron chi connectivity index (χ0n) is 5.32. The second kappa shape index (κ2) is 1.52. The third-order valence-corrected chi connectivity index (χ3v) is 2.17. The smallest absolute Gasteiger partial charge is 0.241 e. The van der Waals surface area contributed by atoms with Crippen LogP contribution in [0.3, 0.4) is 0 Å². The van der Waals surface area contributed by atoms with Gasteiger partial charge in [-0.05, 0) is 5.57 Å². The molecule has 0 radical (unpaired) electrons. The maximum atomic E-state index is 12.5. The van der Waals surface area contributed by atoms with Crippen LogP contribution in [0.4, 0.5) is 17.6 Å². The molecule has 2 atom stereocenters. The van der Waals surface area contributed by atoms with Crippen molar-refractivity contribution in [3.8, 4) is 0 Å². The second-order valence-corrected chi connectivity index (χ2v) is 2.71. The van der Waals surface area contributed by atoms with Gasteiger partial charge >= 0.3 is 6.18 Å². The van der Waals surface area contributed by atoms with Gasteiger partial charge < -0.3 is 0 Å². The van der Waals surface area contributed by atoms with Crippen LogP contribution in [0.5, 0.6) is 0 Å². The summed E-state index contributed by atoms with van der Waals surface area (Å²) < 4.78 is 48.8. The van der Waals surface area contributed by atoms with Crippen molar-refractivity contribution in [2.45, 2.75) is 12.3 Å². The Morgan fingerprint density at radius 1 is 1.36 bits per heavy atom. The van der Waals surface area contributed by atoms with Crippen molar-refractivity contribution in [1.82, 2.24) is 0 Å².